The average molecular weight is 1080 g/mol. The van der Waals surface area contributed by atoms with Crippen LogP contribution in [0, 0.1) is 13.7 Å². The number of furan rings is 2. The lowest BCUT2D eigenvalue weighted by Crippen LogP contribution is -2.61. The van der Waals surface area contributed by atoms with Crippen LogP contribution in [-0.2, 0) is 0 Å². The van der Waals surface area contributed by atoms with E-state index >= 15 is 0 Å². The second-order valence-electron chi connectivity index (χ2n) is 20.2. The summed E-state index contributed by atoms with van der Waals surface area (Å²) in [5.74, 6) is 0. The Bertz CT molecular complexity index is 4920. The lowest BCUT2D eigenvalue weighted by atomic mass is 9.33. The van der Waals surface area contributed by atoms with E-state index in [-0.39, 0.29) is 17.8 Å². The van der Waals surface area contributed by atoms with Gasteiger partial charge in [0.2, 0.25) is 11.4 Å². The van der Waals surface area contributed by atoms with Gasteiger partial charge < -0.3 is 28.4 Å². The number of rotatable bonds is 8. The van der Waals surface area contributed by atoms with Crippen LogP contribution >= 0.6 is 11.6 Å². The molecule has 8 nitrogen and oxygen atoms in total. The maximum Gasteiger partial charge on any atom is 0.252 e. The van der Waals surface area contributed by atoms with Crippen LogP contribution in [0.3, 0.4) is 0 Å². The van der Waals surface area contributed by atoms with Crippen LogP contribution in [0.2, 0.25) is 5.02 Å². The van der Waals surface area contributed by atoms with Crippen molar-refractivity contribution in [1.82, 2.24) is 9.97 Å². The Morgan fingerprint density at radius 3 is 1.50 bits per heavy atom. The molecule has 0 saturated heterocycles. The monoisotopic (exact) mass is 1080 g/mol. The number of nitrogens with zero attached hydrogens (tertiary/aromatic N) is 6. The van der Waals surface area contributed by atoms with Gasteiger partial charge in [0.05, 0.1) is 49.3 Å². The van der Waals surface area contributed by atoms with Gasteiger partial charge in [-0.15, -0.1) is 0 Å². The lowest BCUT2D eigenvalue weighted by Gasteiger charge is -2.44. The number of benzene rings is 10. The fourth-order valence-electron chi connectivity index (χ4n) is 12.1. The van der Waals surface area contributed by atoms with Gasteiger partial charge in [0.1, 0.15) is 11.2 Å². The zero-order valence-corrected chi connectivity index (χ0v) is 44.6. The second-order valence-corrected chi connectivity index (χ2v) is 20.6. The highest BCUT2D eigenvalue weighted by Crippen LogP contribution is 2.50. The van der Waals surface area contributed by atoms with E-state index in [2.05, 4.69) is 139 Å². The van der Waals surface area contributed by atoms with Gasteiger partial charge in [0.15, 0.2) is 0 Å². The third-order valence-corrected chi connectivity index (χ3v) is 15.8. The maximum atomic E-state index is 8.08. The van der Waals surface area contributed by atoms with E-state index in [0.717, 1.165) is 84.5 Å². The van der Waals surface area contributed by atoms with Crippen LogP contribution in [-0.4, -0.2) is 16.7 Å². The molecule has 2 aliphatic rings. The van der Waals surface area contributed by atoms with E-state index in [1.807, 2.05) is 133 Å². The minimum absolute atomic E-state index is 0.0552. The van der Waals surface area contributed by atoms with Crippen molar-refractivity contribution in [2.24, 2.45) is 0 Å². The Morgan fingerprint density at radius 2 is 0.890 bits per heavy atom. The first-order valence-corrected chi connectivity index (χ1v) is 27.4. The molecule has 0 unspecified atom stereocenters. The number of aromatic nitrogens is 2. The van der Waals surface area contributed by atoms with Crippen molar-refractivity contribution >= 4 is 147 Å². The summed E-state index contributed by atoms with van der Waals surface area (Å²) >= 11 is 7.43. The van der Waals surface area contributed by atoms with E-state index in [4.69, 9.17) is 28.7 Å². The number of hydrogen-bond donors (Lipinski definition) is 0. The summed E-state index contributed by atoms with van der Waals surface area (Å²) in [6.07, 6.45) is 2.75. The third kappa shape index (κ3) is 8.07. The predicted molar refractivity (Wildman–Crippen MR) is 341 cm³/mol. The van der Waals surface area contributed by atoms with Gasteiger partial charge in [-0.25, -0.2) is 9.97 Å². The lowest BCUT2D eigenvalue weighted by molar-refractivity contribution is 0.653. The fourth-order valence-corrected chi connectivity index (χ4v) is 12.4. The van der Waals surface area contributed by atoms with Crippen molar-refractivity contribution in [3.8, 4) is 0 Å². The molecule has 4 aromatic heterocycles. The van der Waals surface area contributed by atoms with Crippen LogP contribution in [0.4, 0.5) is 68.2 Å². The molecule has 10 aromatic carbocycles. The van der Waals surface area contributed by atoms with Crippen molar-refractivity contribution in [2.45, 2.75) is 13.7 Å². The second kappa shape index (κ2) is 20.1. The van der Waals surface area contributed by atoms with Gasteiger partial charge in [0, 0.05) is 66.1 Å². The first-order chi connectivity index (χ1) is 42.9. The molecule has 390 valence electrons. The molecule has 0 saturated carbocycles. The summed E-state index contributed by atoms with van der Waals surface area (Å²) in [6.45, 7) is -4.65. The quantitative estimate of drug-likeness (QED) is 0.140. The summed E-state index contributed by atoms with van der Waals surface area (Å²) in [5.41, 5.74) is 17.5. The van der Waals surface area contributed by atoms with Crippen molar-refractivity contribution in [1.29, 1.82) is 0 Å². The normalized spacial score (nSPS) is 13.6. The molecule has 0 bridgehead atoms. The van der Waals surface area contributed by atoms with E-state index < -0.39 is 13.7 Å². The summed E-state index contributed by atoms with van der Waals surface area (Å²) in [7, 11) is 0. The molecule has 0 atom stereocenters. The van der Waals surface area contributed by atoms with Crippen molar-refractivity contribution in [3.05, 3.63) is 283 Å². The van der Waals surface area contributed by atoms with E-state index in [9.17, 15) is 0 Å². The Labute approximate surface area is 488 Å². The summed E-state index contributed by atoms with van der Waals surface area (Å²) in [6, 6.07) is 85.5. The molecule has 82 heavy (non-hydrogen) atoms. The number of fused-ring (bicyclic) bond motifs is 11. The Kier molecular flexibility index (Phi) is 10.4. The van der Waals surface area contributed by atoms with Gasteiger partial charge in [-0.1, -0.05) is 145 Å². The molecule has 0 amide bonds. The summed E-state index contributed by atoms with van der Waals surface area (Å²) < 4.78 is 60.6. The largest absolute Gasteiger partial charge is 0.438 e. The number of para-hydroxylation sites is 6. The highest BCUT2D eigenvalue weighted by atomic mass is 35.5. The number of aryl methyl sites for hydroxylation is 2. The molecule has 6 heterocycles. The average Bonchev–Trinajstić information content (AvgIpc) is 1.11. The summed E-state index contributed by atoms with van der Waals surface area (Å²) in [5, 5.41) is 3.46. The van der Waals surface area contributed by atoms with Crippen molar-refractivity contribution in [2.75, 3.05) is 19.6 Å². The number of pyridine rings is 2. The van der Waals surface area contributed by atoms with Gasteiger partial charge in [-0.2, -0.15) is 0 Å². The first kappa shape index (κ1) is 42.6. The standard InChI is InChI=1S/C36H24BN3O.C36H26ClN3O/c1-23-21-26-33-32(41-36(26)38-22-23)20-19-28-35(33)40(25-13-6-3-7-14-25)31-18-10-17-30-34(31)37(28)27-15-8-9-16-29(27)39(30)24-11-4-2-5-12-24;1-25-23-29-34-30(19-12-22-33(34)41-36(29)38-24-25)40(28-17-9-4-10-18-28)32-21-11-20-31(35(32)37)39(26-13-5-2-6-14-26)27-15-7-3-8-16-27/h2-22H,1H3;2-24H,1H3/i2*1D3. The minimum atomic E-state index is -2.31. The smallest absolute Gasteiger partial charge is 0.252 e. The van der Waals surface area contributed by atoms with Crippen LogP contribution in [0.25, 0.3) is 44.1 Å². The van der Waals surface area contributed by atoms with Crippen molar-refractivity contribution < 1.29 is 17.1 Å². The highest BCUT2D eigenvalue weighted by Gasteiger charge is 2.44. The Balaban J connectivity index is 0.000000148. The predicted octanol–water partition coefficient (Wildman–Crippen LogP) is 18.3. The van der Waals surface area contributed by atoms with Crippen LogP contribution in [0.5, 0.6) is 0 Å². The topological polar surface area (TPSA) is 65.0 Å². The first-order valence-electron chi connectivity index (χ1n) is 30.0. The fraction of sp³-hybridized carbons (Fsp3) is 0.0278. The molecule has 0 aliphatic carbocycles. The van der Waals surface area contributed by atoms with Crippen LogP contribution in [0.1, 0.15) is 19.4 Å². The summed E-state index contributed by atoms with van der Waals surface area (Å²) in [4.78, 5) is 17.7. The number of anilines is 12. The molecule has 0 fully saturated rings. The van der Waals surface area contributed by atoms with E-state index in [1.54, 1.807) is 12.1 Å². The molecular formula is C72H50BClN6O2. The van der Waals surface area contributed by atoms with Gasteiger partial charge in [-0.05, 0) is 163 Å². The zero-order chi connectivity index (χ0) is 59.8. The molecule has 10 heteroatoms. The number of halogens is 1. The minimum Gasteiger partial charge on any atom is -0.438 e. The molecule has 0 N–H and O–H groups in total. The molecule has 2 aliphatic heterocycles. The van der Waals surface area contributed by atoms with Gasteiger partial charge >= 0.3 is 0 Å². The number of hydrogen-bond acceptors (Lipinski definition) is 8. The SMILES string of the molecule is [2H]C([2H])([2H])c1cnc2oc3ccc4c(c3c2c1)N(c1ccccc1)c1cccc2c1B4c1ccccc1N2c1ccccc1.[2H]C([2H])([2H])c1cnc2oc3cccc(N(c4ccccc4)c4cccc(N(c5ccccc5)c5ccccc5)c4Cl)c3c2c1. The molecule has 0 spiro atoms. The van der Waals surface area contributed by atoms with Crippen LogP contribution in [0.15, 0.2) is 276 Å². The maximum absolute atomic E-state index is 8.08. The Hall–Kier alpha value is -10.3. The zero-order valence-electron chi connectivity index (χ0n) is 49.9. The Morgan fingerprint density at radius 1 is 0.427 bits per heavy atom. The van der Waals surface area contributed by atoms with Crippen molar-refractivity contribution in [3.63, 3.8) is 0 Å². The molecular weight excluding hydrogens is 1030 g/mol. The highest BCUT2D eigenvalue weighted by molar-refractivity contribution is 7.00. The molecule has 0 radical (unpaired) electrons. The third-order valence-electron chi connectivity index (χ3n) is 15.4. The van der Waals surface area contributed by atoms with Crippen LogP contribution < -0.4 is 36.0 Å². The van der Waals surface area contributed by atoms with E-state index in [0.29, 0.717) is 38.4 Å². The molecule has 16 rings (SSSR count). The molecule has 14 aromatic rings. The van der Waals surface area contributed by atoms with Gasteiger partial charge in [-0.3, -0.25) is 0 Å². The van der Waals surface area contributed by atoms with Gasteiger partial charge in [0.25, 0.3) is 6.71 Å². The van der Waals surface area contributed by atoms with E-state index in [1.165, 1.54) is 23.3 Å².